The summed E-state index contributed by atoms with van der Waals surface area (Å²) in [4.78, 5) is 2.54. The van der Waals surface area contributed by atoms with Gasteiger partial charge < -0.3 is 0 Å². The fourth-order valence-electron chi connectivity index (χ4n) is 3.18. The van der Waals surface area contributed by atoms with Crippen molar-refractivity contribution in [2.45, 2.75) is 57.9 Å². The molecule has 0 aromatic heterocycles. The standard InChI is InChI=1S/C13H26N2O2S/c1-10(2)7-15-12-5-6-13(15)9-14(8-12)18(16,17)11(3)4/h10-13H,5-9H2,1-4H3. The van der Waals surface area contributed by atoms with Crippen LogP contribution < -0.4 is 0 Å². The molecule has 2 unspecified atom stereocenters. The predicted octanol–water partition coefficient (Wildman–Crippen LogP) is 1.53. The van der Waals surface area contributed by atoms with Gasteiger partial charge in [0.2, 0.25) is 10.0 Å². The molecule has 0 aromatic rings. The van der Waals surface area contributed by atoms with Crippen molar-refractivity contribution < 1.29 is 8.42 Å². The Morgan fingerprint density at radius 2 is 1.56 bits per heavy atom. The Morgan fingerprint density at radius 3 is 1.94 bits per heavy atom. The van der Waals surface area contributed by atoms with E-state index in [4.69, 9.17) is 0 Å². The van der Waals surface area contributed by atoms with E-state index in [1.165, 1.54) is 0 Å². The molecule has 0 saturated carbocycles. The third-order valence-corrected chi connectivity index (χ3v) is 6.34. The van der Waals surface area contributed by atoms with E-state index in [-0.39, 0.29) is 5.25 Å². The van der Waals surface area contributed by atoms with E-state index in [0.29, 0.717) is 31.1 Å². The van der Waals surface area contributed by atoms with Crippen molar-refractivity contribution in [3.8, 4) is 0 Å². The average molecular weight is 274 g/mol. The van der Waals surface area contributed by atoms with Gasteiger partial charge in [-0.25, -0.2) is 8.42 Å². The molecule has 18 heavy (non-hydrogen) atoms. The Morgan fingerprint density at radius 1 is 1.06 bits per heavy atom. The normalized spacial score (nSPS) is 30.6. The maximum Gasteiger partial charge on any atom is 0.216 e. The summed E-state index contributed by atoms with van der Waals surface area (Å²) in [5.74, 6) is 0.654. The number of rotatable bonds is 4. The molecule has 4 nitrogen and oxygen atoms in total. The lowest BCUT2D eigenvalue weighted by Crippen LogP contribution is -2.56. The molecule has 2 aliphatic rings. The molecular formula is C13H26N2O2S. The van der Waals surface area contributed by atoms with E-state index in [0.717, 1.165) is 19.4 Å². The second-order valence-corrected chi connectivity index (χ2v) is 8.88. The van der Waals surface area contributed by atoms with Crippen molar-refractivity contribution >= 4 is 10.0 Å². The van der Waals surface area contributed by atoms with Gasteiger partial charge in [-0.05, 0) is 32.6 Å². The first kappa shape index (κ1) is 14.3. The highest BCUT2D eigenvalue weighted by Crippen LogP contribution is 2.32. The van der Waals surface area contributed by atoms with Crippen molar-refractivity contribution in [2.75, 3.05) is 19.6 Å². The Balaban J connectivity index is 2.09. The average Bonchev–Trinajstić information content (AvgIpc) is 2.50. The van der Waals surface area contributed by atoms with Gasteiger partial charge in [-0.1, -0.05) is 13.8 Å². The summed E-state index contributed by atoms with van der Waals surface area (Å²) in [6.45, 7) is 10.5. The second-order valence-electron chi connectivity index (χ2n) is 6.39. The molecule has 2 saturated heterocycles. The maximum atomic E-state index is 12.2. The SMILES string of the molecule is CC(C)CN1C2CCC1CN(S(=O)(=O)C(C)C)C2. The van der Waals surface area contributed by atoms with Gasteiger partial charge in [0, 0.05) is 31.7 Å². The van der Waals surface area contributed by atoms with Gasteiger partial charge >= 0.3 is 0 Å². The van der Waals surface area contributed by atoms with Crippen molar-refractivity contribution in [1.82, 2.24) is 9.21 Å². The molecule has 2 fully saturated rings. The molecule has 2 heterocycles. The molecule has 2 rings (SSSR count). The van der Waals surface area contributed by atoms with E-state index in [9.17, 15) is 8.42 Å². The third kappa shape index (κ3) is 2.58. The number of piperazine rings is 1. The van der Waals surface area contributed by atoms with Crippen LogP contribution in [0.4, 0.5) is 0 Å². The number of sulfonamides is 1. The highest BCUT2D eigenvalue weighted by atomic mass is 32.2. The van der Waals surface area contributed by atoms with Crippen LogP contribution in [0.3, 0.4) is 0 Å². The van der Waals surface area contributed by atoms with E-state index in [2.05, 4.69) is 18.7 Å². The molecule has 2 bridgehead atoms. The molecular weight excluding hydrogens is 248 g/mol. The summed E-state index contributed by atoms with van der Waals surface area (Å²) in [6.07, 6.45) is 2.31. The van der Waals surface area contributed by atoms with Gasteiger partial charge in [0.1, 0.15) is 0 Å². The molecule has 2 aliphatic heterocycles. The number of hydrogen-bond acceptors (Lipinski definition) is 3. The lowest BCUT2D eigenvalue weighted by molar-refractivity contribution is 0.0971. The molecule has 5 heteroatoms. The van der Waals surface area contributed by atoms with Gasteiger partial charge in [0.15, 0.2) is 0 Å². The molecule has 0 aromatic carbocycles. The highest BCUT2D eigenvalue weighted by molar-refractivity contribution is 7.89. The van der Waals surface area contributed by atoms with Crippen LogP contribution in [0.2, 0.25) is 0 Å². The van der Waals surface area contributed by atoms with E-state index < -0.39 is 10.0 Å². The van der Waals surface area contributed by atoms with Crippen LogP contribution in [0, 0.1) is 5.92 Å². The zero-order valence-electron chi connectivity index (χ0n) is 12.0. The summed E-state index contributed by atoms with van der Waals surface area (Å²) < 4.78 is 26.2. The molecule has 0 spiro atoms. The first-order valence-electron chi connectivity index (χ1n) is 7.07. The van der Waals surface area contributed by atoms with E-state index in [1.807, 2.05) is 0 Å². The molecule has 0 aliphatic carbocycles. The van der Waals surface area contributed by atoms with Gasteiger partial charge in [0.05, 0.1) is 5.25 Å². The number of hydrogen-bond donors (Lipinski definition) is 0. The van der Waals surface area contributed by atoms with Crippen LogP contribution in [0.5, 0.6) is 0 Å². The summed E-state index contributed by atoms with van der Waals surface area (Å²) in [7, 11) is -3.07. The Hall–Kier alpha value is -0.130. The third-order valence-electron chi connectivity index (χ3n) is 4.13. The molecule has 0 radical (unpaired) electrons. The van der Waals surface area contributed by atoms with E-state index >= 15 is 0 Å². The molecule has 0 amide bonds. The van der Waals surface area contributed by atoms with Gasteiger partial charge in [-0.3, -0.25) is 4.90 Å². The first-order valence-corrected chi connectivity index (χ1v) is 8.57. The zero-order valence-corrected chi connectivity index (χ0v) is 12.8. The topological polar surface area (TPSA) is 40.6 Å². The summed E-state index contributed by atoms with van der Waals surface area (Å²) in [5, 5.41) is -0.298. The van der Waals surface area contributed by atoms with Crippen molar-refractivity contribution in [3.63, 3.8) is 0 Å². The smallest absolute Gasteiger partial charge is 0.216 e. The Labute approximate surface area is 111 Å². The summed E-state index contributed by atoms with van der Waals surface area (Å²) in [5.41, 5.74) is 0. The van der Waals surface area contributed by atoms with Crippen molar-refractivity contribution in [1.29, 1.82) is 0 Å². The zero-order chi connectivity index (χ0) is 13.5. The minimum Gasteiger partial charge on any atom is -0.295 e. The van der Waals surface area contributed by atoms with Crippen LogP contribution in [-0.4, -0.2) is 54.6 Å². The minimum atomic E-state index is -3.07. The van der Waals surface area contributed by atoms with Crippen LogP contribution in [0.25, 0.3) is 0 Å². The molecule has 2 atom stereocenters. The quantitative estimate of drug-likeness (QED) is 0.780. The van der Waals surface area contributed by atoms with Crippen molar-refractivity contribution in [2.24, 2.45) is 5.92 Å². The lowest BCUT2D eigenvalue weighted by Gasteiger charge is -2.41. The fourth-order valence-corrected chi connectivity index (χ4v) is 4.53. The summed E-state index contributed by atoms with van der Waals surface area (Å²) >= 11 is 0. The number of fused-ring (bicyclic) bond motifs is 2. The summed E-state index contributed by atoms with van der Waals surface area (Å²) in [6, 6.07) is 0.888. The minimum absolute atomic E-state index is 0.298. The van der Waals surface area contributed by atoms with Crippen LogP contribution >= 0.6 is 0 Å². The van der Waals surface area contributed by atoms with Crippen molar-refractivity contribution in [3.05, 3.63) is 0 Å². The largest absolute Gasteiger partial charge is 0.295 e. The monoisotopic (exact) mass is 274 g/mol. The molecule has 106 valence electrons. The van der Waals surface area contributed by atoms with Crippen LogP contribution in [0.1, 0.15) is 40.5 Å². The van der Waals surface area contributed by atoms with Gasteiger partial charge in [0.25, 0.3) is 0 Å². The van der Waals surface area contributed by atoms with E-state index in [1.54, 1.807) is 18.2 Å². The second kappa shape index (κ2) is 5.10. The maximum absolute atomic E-state index is 12.2. The predicted molar refractivity (Wildman–Crippen MR) is 74.0 cm³/mol. The van der Waals surface area contributed by atoms with Gasteiger partial charge in [-0.2, -0.15) is 4.31 Å². The first-order chi connectivity index (χ1) is 8.32. The highest BCUT2D eigenvalue weighted by Gasteiger charge is 2.43. The Kier molecular flexibility index (Phi) is 4.04. The number of nitrogens with zero attached hydrogens (tertiary/aromatic N) is 2. The van der Waals surface area contributed by atoms with Crippen LogP contribution in [0.15, 0.2) is 0 Å². The Bertz CT molecular complexity index is 378. The van der Waals surface area contributed by atoms with Gasteiger partial charge in [-0.15, -0.1) is 0 Å². The lowest BCUT2D eigenvalue weighted by atomic mass is 10.1. The van der Waals surface area contributed by atoms with Crippen LogP contribution in [-0.2, 0) is 10.0 Å². The fraction of sp³-hybridized carbons (Fsp3) is 1.00. The molecule has 0 N–H and O–H groups in total.